The number of rotatable bonds is 11. The number of benzene rings is 2. The Morgan fingerprint density at radius 2 is 1.65 bits per heavy atom. The zero-order chi connectivity index (χ0) is 25.5. The van der Waals surface area contributed by atoms with Crippen molar-refractivity contribution in [1.82, 2.24) is 10.2 Å². The number of hydrogen-bond donors (Lipinski definition) is 1. The van der Waals surface area contributed by atoms with E-state index in [1.165, 1.54) is 17.0 Å². The number of sulfonamides is 1. The van der Waals surface area contributed by atoms with Crippen molar-refractivity contribution < 1.29 is 18.0 Å². The van der Waals surface area contributed by atoms with E-state index in [4.69, 9.17) is 23.2 Å². The van der Waals surface area contributed by atoms with Crippen LogP contribution in [0.25, 0.3) is 0 Å². The minimum absolute atomic E-state index is 0.0264. The fraction of sp³-hybridized carbons (Fsp3) is 0.417. The Hall–Kier alpha value is -2.29. The van der Waals surface area contributed by atoms with E-state index < -0.39 is 28.5 Å². The normalized spacial score (nSPS) is 13.1. The van der Waals surface area contributed by atoms with Crippen molar-refractivity contribution in [3.8, 4) is 0 Å². The van der Waals surface area contributed by atoms with Gasteiger partial charge in [0.1, 0.15) is 12.6 Å². The number of anilines is 1. The van der Waals surface area contributed by atoms with E-state index in [0.29, 0.717) is 6.42 Å². The van der Waals surface area contributed by atoms with Crippen LogP contribution < -0.4 is 9.62 Å². The van der Waals surface area contributed by atoms with Gasteiger partial charge in [-0.2, -0.15) is 0 Å². The van der Waals surface area contributed by atoms with Gasteiger partial charge in [-0.05, 0) is 37.5 Å². The van der Waals surface area contributed by atoms with Gasteiger partial charge >= 0.3 is 0 Å². The summed E-state index contributed by atoms with van der Waals surface area (Å²) in [5, 5.41) is 3.12. The first-order chi connectivity index (χ1) is 16.0. The zero-order valence-corrected chi connectivity index (χ0v) is 22.1. The second-order valence-corrected chi connectivity index (χ2v) is 10.8. The molecule has 0 aliphatic heterocycles. The molecule has 0 saturated carbocycles. The standard InChI is InChI=1S/C24H31Cl2N3O4S/c1-5-17(3)27-24(31)20(6-2)28(15-18-11-8-7-9-12-18)22(30)16-29(34(4,32)33)21-14-10-13-19(25)23(21)26/h7-14,17,20H,5-6,15-16H2,1-4H3,(H,27,31)/t17-,20-/m1/s1. The average Bonchev–Trinajstić information content (AvgIpc) is 2.79. The maximum absolute atomic E-state index is 13.6. The van der Waals surface area contributed by atoms with Crippen LogP contribution in [-0.2, 0) is 26.2 Å². The van der Waals surface area contributed by atoms with Gasteiger partial charge in [-0.15, -0.1) is 0 Å². The summed E-state index contributed by atoms with van der Waals surface area (Å²) in [7, 11) is -3.89. The van der Waals surface area contributed by atoms with Crippen molar-refractivity contribution in [2.24, 2.45) is 0 Å². The van der Waals surface area contributed by atoms with E-state index in [0.717, 1.165) is 22.5 Å². The van der Waals surface area contributed by atoms with Gasteiger partial charge in [0.25, 0.3) is 0 Å². The second-order valence-electron chi connectivity index (χ2n) is 8.09. The highest BCUT2D eigenvalue weighted by molar-refractivity contribution is 7.92. The summed E-state index contributed by atoms with van der Waals surface area (Å²) in [5.41, 5.74) is 0.916. The first-order valence-corrected chi connectivity index (χ1v) is 13.6. The molecule has 7 nitrogen and oxygen atoms in total. The summed E-state index contributed by atoms with van der Waals surface area (Å²) < 4.78 is 26.2. The van der Waals surface area contributed by atoms with Crippen LogP contribution in [0.3, 0.4) is 0 Å². The smallest absolute Gasteiger partial charge is 0.244 e. The Morgan fingerprint density at radius 3 is 2.21 bits per heavy atom. The molecule has 0 spiro atoms. The van der Waals surface area contributed by atoms with Gasteiger partial charge in [-0.3, -0.25) is 13.9 Å². The fourth-order valence-electron chi connectivity index (χ4n) is 3.42. The molecule has 2 aromatic carbocycles. The Morgan fingerprint density at radius 1 is 1.00 bits per heavy atom. The van der Waals surface area contributed by atoms with Crippen molar-refractivity contribution in [3.63, 3.8) is 0 Å². The maximum atomic E-state index is 13.6. The Labute approximate surface area is 212 Å². The molecule has 2 rings (SSSR count). The van der Waals surface area contributed by atoms with Crippen LogP contribution >= 0.6 is 23.2 Å². The molecule has 0 aliphatic rings. The van der Waals surface area contributed by atoms with Gasteiger partial charge in [0.05, 0.1) is 22.0 Å². The lowest BCUT2D eigenvalue weighted by Gasteiger charge is -2.33. The van der Waals surface area contributed by atoms with E-state index in [2.05, 4.69) is 5.32 Å². The van der Waals surface area contributed by atoms with E-state index >= 15 is 0 Å². The van der Waals surface area contributed by atoms with Crippen LogP contribution in [0.4, 0.5) is 5.69 Å². The number of amides is 2. The monoisotopic (exact) mass is 527 g/mol. The van der Waals surface area contributed by atoms with Crippen LogP contribution in [0.5, 0.6) is 0 Å². The molecule has 0 aliphatic carbocycles. The number of nitrogens with one attached hydrogen (secondary N) is 1. The van der Waals surface area contributed by atoms with Crippen LogP contribution in [0.2, 0.25) is 10.0 Å². The van der Waals surface area contributed by atoms with Gasteiger partial charge in [0.2, 0.25) is 21.8 Å². The largest absolute Gasteiger partial charge is 0.352 e. The number of nitrogens with zero attached hydrogens (tertiary/aromatic N) is 2. The quantitative estimate of drug-likeness (QED) is 0.466. The molecule has 34 heavy (non-hydrogen) atoms. The van der Waals surface area contributed by atoms with E-state index in [-0.39, 0.29) is 34.2 Å². The molecule has 1 N–H and O–H groups in total. The van der Waals surface area contributed by atoms with Gasteiger partial charge in [-0.1, -0.05) is 73.4 Å². The minimum Gasteiger partial charge on any atom is -0.352 e. The van der Waals surface area contributed by atoms with Gasteiger partial charge < -0.3 is 10.2 Å². The Bertz CT molecular complexity index is 1100. The molecule has 0 bridgehead atoms. The Kier molecular flexibility index (Phi) is 10.2. The third-order valence-electron chi connectivity index (χ3n) is 5.46. The SMILES string of the molecule is CC[C@@H](C)NC(=O)[C@@H](CC)N(Cc1ccccc1)C(=O)CN(c1cccc(Cl)c1Cl)S(C)(=O)=O. The van der Waals surface area contributed by atoms with Crippen molar-refractivity contribution >= 4 is 50.7 Å². The van der Waals surface area contributed by atoms with Crippen molar-refractivity contribution in [1.29, 1.82) is 0 Å². The highest BCUT2D eigenvalue weighted by Gasteiger charge is 2.32. The molecule has 0 heterocycles. The summed E-state index contributed by atoms with van der Waals surface area (Å²) in [5.74, 6) is -0.815. The molecule has 0 saturated heterocycles. The molecule has 186 valence electrons. The lowest BCUT2D eigenvalue weighted by Crippen LogP contribution is -2.53. The molecule has 0 fully saturated rings. The average molecular weight is 529 g/mol. The summed E-state index contributed by atoms with van der Waals surface area (Å²) in [6.07, 6.45) is 2.09. The molecule has 2 atom stereocenters. The van der Waals surface area contributed by atoms with Gasteiger partial charge in [0.15, 0.2) is 0 Å². The van der Waals surface area contributed by atoms with Crippen LogP contribution in [0, 0.1) is 0 Å². The molecule has 0 aromatic heterocycles. The molecular formula is C24H31Cl2N3O4S. The van der Waals surface area contributed by atoms with Crippen molar-refractivity contribution in [2.75, 3.05) is 17.1 Å². The topological polar surface area (TPSA) is 86.8 Å². The number of carbonyl (C=O) groups is 2. The lowest BCUT2D eigenvalue weighted by molar-refractivity contribution is -0.140. The number of hydrogen-bond acceptors (Lipinski definition) is 4. The number of halogens is 2. The lowest BCUT2D eigenvalue weighted by atomic mass is 10.1. The van der Waals surface area contributed by atoms with E-state index in [1.54, 1.807) is 6.07 Å². The van der Waals surface area contributed by atoms with Crippen LogP contribution in [-0.4, -0.2) is 50.0 Å². The summed E-state index contributed by atoms with van der Waals surface area (Å²) in [6.45, 7) is 5.28. The zero-order valence-electron chi connectivity index (χ0n) is 19.8. The minimum atomic E-state index is -3.89. The molecule has 2 amide bonds. The van der Waals surface area contributed by atoms with Crippen molar-refractivity contribution in [2.45, 2.75) is 52.2 Å². The molecular weight excluding hydrogens is 497 g/mol. The molecule has 10 heteroatoms. The first kappa shape index (κ1) is 28.0. The van der Waals surface area contributed by atoms with Crippen LogP contribution in [0.15, 0.2) is 48.5 Å². The predicted octanol–water partition coefficient (Wildman–Crippen LogP) is 4.48. The van der Waals surface area contributed by atoms with Gasteiger partial charge in [0, 0.05) is 12.6 Å². The summed E-state index contributed by atoms with van der Waals surface area (Å²) >= 11 is 12.4. The maximum Gasteiger partial charge on any atom is 0.244 e. The molecule has 2 aromatic rings. The fourth-order valence-corrected chi connectivity index (χ4v) is 4.72. The Balaban J connectivity index is 2.46. The summed E-state index contributed by atoms with van der Waals surface area (Å²) in [4.78, 5) is 28.1. The van der Waals surface area contributed by atoms with E-state index in [9.17, 15) is 18.0 Å². The molecule has 0 unspecified atom stereocenters. The van der Waals surface area contributed by atoms with Crippen LogP contribution in [0.1, 0.15) is 39.2 Å². The highest BCUT2D eigenvalue weighted by Crippen LogP contribution is 2.33. The van der Waals surface area contributed by atoms with Crippen molar-refractivity contribution in [3.05, 3.63) is 64.1 Å². The molecule has 0 radical (unpaired) electrons. The summed E-state index contributed by atoms with van der Waals surface area (Å²) in [6, 6.07) is 13.0. The number of carbonyl (C=O) groups excluding carboxylic acids is 2. The first-order valence-electron chi connectivity index (χ1n) is 11.0. The van der Waals surface area contributed by atoms with E-state index in [1.807, 2.05) is 51.1 Å². The second kappa shape index (κ2) is 12.4. The highest BCUT2D eigenvalue weighted by atomic mass is 35.5. The predicted molar refractivity (Wildman–Crippen MR) is 138 cm³/mol. The van der Waals surface area contributed by atoms with Gasteiger partial charge in [-0.25, -0.2) is 8.42 Å². The third kappa shape index (κ3) is 7.35. The third-order valence-corrected chi connectivity index (χ3v) is 7.40.